The highest BCUT2D eigenvalue weighted by atomic mass is 16.6. The third-order valence-electron chi connectivity index (χ3n) is 3.94. The van der Waals surface area contributed by atoms with Crippen LogP contribution in [0.4, 0.5) is 11.4 Å². The summed E-state index contributed by atoms with van der Waals surface area (Å²) in [5, 5.41) is 10.9. The molecule has 0 saturated heterocycles. The molecule has 0 fully saturated rings. The van der Waals surface area contributed by atoms with E-state index >= 15 is 0 Å². The Morgan fingerprint density at radius 3 is 2.26 bits per heavy atom. The van der Waals surface area contributed by atoms with Crippen molar-refractivity contribution >= 4 is 17.3 Å². The molecular formula is C21H18N2O4. The van der Waals surface area contributed by atoms with E-state index in [4.69, 9.17) is 4.74 Å². The number of nitro groups is 1. The summed E-state index contributed by atoms with van der Waals surface area (Å²) in [6.45, 7) is 0.185. The molecule has 0 unspecified atom stereocenters. The first-order chi connectivity index (χ1) is 13.1. The summed E-state index contributed by atoms with van der Waals surface area (Å²) in [5.41, 5.74) is 1.67. The molecule has 0 radical (unpaired) electrons. The van der Waals surface area contributed by atoms with Crippen molar-refractivity contribution in [1.82, 2.24) is 0 Å². The number of anilines is 1. The number of rotatable bonds is 7. The minimum atomic E-state index is -0.500. The fraction of sp³-hybridized carbons (Fsp3) is 0.0952. The van der Waals surface area contributed by atoms with Gasteiger partial charge in [0, 0.05) is 11.8 Å². The van der Waals surface area contributed by atoms with Gasteiger partial charge in [0.15, 0.2) is 6.61 Å². The van der Waals surface area contributed by atoms with Crippen molar-refractivity contribution in [3.8, 4) is 5.75 Å². The van der Waals surface area contributed by atoms with E-state index in [-0.39, 0.29) is 24.0 Å². The highest BCUT2D eigenvalue weighted by molar-refractivity contribution is 5.94. The Labute approximate surface area is 156 Å². The second kappa shape index (κ2) is 8.62. The Bertz CT molecular complexity index is 914. The molecule has 3 aromatic carbocycles. The molecule has 3 aromatic rings. The van der Waals surface area contributed by atoms with Gasteiger partial charge in [0.25, 0.3) is 11.6 Å². The van der Waals surface area contributed by atoms with E-state index in [1.165, 1.54) is 18.2 Å². The minimum absolute atomic E-state index is 0.0795. The zero-order valence-corrected chi connectivity index (χ0v) is 14.5. The lowest BCUT2D eigenvalue weighted by Gasteiger charge is -2.23. The number of para-hydroxylation sites is 1. The molecule has 6 nitrogen and oxygen atoms in total. The summed E-state index contributed by atoms with van der Waals surface area (Å²) >= 11 is 0. The zero-order valence-electron chi connectivity index (χ0n) is 14.5. The highest BCUT2D eigenvalue weighted by Gasteiger charge is 2.17. The second-order valence-electron chi connectivity index (χ2n) is 5.84. The van der Waals surface area contributed by atoms with E-state index in [1.54, 1.807) is 11.0 Å². The average molecular weight is 362 g/mol. The Morgan fingerprint density at radius 2 is 1.59 bits per heavy atom. The molecule has 0 aromatic heterocycles. The number of benzene rings is 3. The molecule has 6 heteroatoms. The van der Waals surface area contributed by atoms with Gasteiger partial charge in [-0.15, -0.1) is 0 Å². The van der Waals surface area contributed by atoms with Gasteiger partial charge in [0.1, 0.15) is 5.75 Å². The maximum absolute atomic E-state index is 12.8. The molecule has 3 rings (SSSR count). The fourth-order valence-corrected chi connectivity index (χ4v) is 2.61. The largest absolute Gasteiger partial charge is 0.483 e. The number of hydrogen-bond acceptors (Lipinski definition) is 4. The van der Waals surface area contributed by atoms with Crippen LogP contribution < -0.4 is 9.64 Å². The first-order valence-electron chi connectivity index (χ1n) is 8.40. The molecule has 136 valence electrons. The average Bonchev–Trinajstić information content (AvgIpc) is 2.72. The molecular weight excluding hydrogens is 344 g/mol. The second-order valence-corrected chi connectivity index (χ2v) is 5.84. The van der Waals surface area contributed by atoms with Crippen molar-refractivity contribution in [1.29, 1.82) is 0 Å². The molecule has 0 heterocycles. The highest BCUT2D eigenvalue weighted by Crippen LogP contribution is 2.21. The van der Waals surface area contributed by atoms with Gasteiger partial charge in [-0.05, 0) is 23.8 Å². The molecule has 0 bridgehead atoms. The molecule has 0 saturated carbocycles. The smallest absolute Gasteiger partial charge is 0.273 e. The molecule has 0 spiro atoms. The number of amides is 1. The van der Waals surface area contributed by atoms with Crippen LogP contribution in [0.3, 0.4) is 0 Å². The number of nitro benzene ring substituents is 1. The molecule has 0 aliphatic rings. The maximum atomic E-state index is 12.8. The monoisotopic (exact) mass is 362 g/mol. The van der Waals surface area contributed by atoms with Crippen molar-refractivity contribution in [3.63, 3.8) is 0 Å². The van der Waals surface area contributed by atoms with E-state index in [2.05, 4.69) is 0 Å². The van der Waals surface area contributed by atoms with Gasteiger partial charge in [-0.1, -0.05) is 54.6 Å². The molecule has 0 N–H and O–H groups in total. The summed E-state index contributed by atoms with van der Waals surface area (Å²) < 4.78 is 5.50. The lowest BCUT2D eigenvalue weighted by molar-refractivity contribution is -0.384. The third-order valence-corrected chi connectivity index (χ3v) is 3.94. The number of nitrogens with zero attached hydrogens (tertiary/aromatic N) is 2. The first-order valence-corrected chi connectivity index (χ1v) is 8.40. The number of carbonyl (C=O) groups is 1. The van der Waals surface area contributed by atoms with Gasteiger partial charge in [0.2, 0.25) is 0 Å². The minimum Gasteiger partial charge on any atom is -0.483 e. The summed E-state index contributed by atoms with van der Waals surface area (Å²) in [5.74, 6) is 0.0434. The Hall–Kier alpha value is -3.67. The van der Waals surface area contributed by atoms with Crippen molar-refractivity contribution in [2.75, 3.05) is 11.5 Å². The summed E-state index contributed by atoms with van der Waals surface area (Å²) in [4.78, 5) is 24.8. The van der Waals surface area contributed by atoms with Crippen molar-refractivity contribution in [3.05, 3.63) is 101 Å². The van der Waals surface area contributed by atoms with Crippen molar-refractivity contribution in [2.45, 2.75) is 6.54 Å². The van der Waals surface area contributed by atoms with Crippen molar-refractivity contribution in [2.24, 2.45) is 0 Å². The number of ether oxygens (including phenoxy) is 1. The van der Waals surface area contributed by atoms with Crippen LogP contribution in [0.5, 0.6) is 5.75 Å². The topological polar surface area (TPSA) is 72.7 Å². The van der Waals surface area contributed by atoms with Gasteiger partial charge < -0.3 is 9.64 Å². The van der Waals surface area contributed by atoms with Crippen LogP contribution in [-0.2, 0) is 11.3 Å². The van der Waals surface area contributed by atoms with Crippen LogP contribution in [0, 0.1) is 10.1 Å². The normalized spacial score (nSPS) is 10.2. The van der Waals surface area contributed by atoms with Crippen LogP contribution in [0.25, 0.3) is 0 Å². The lowest BCUT2D eigenvalue weighted by Crippen LogP contribution is -2.34. The van der Waals surface area contributed by atoms with E-state index in [1.807, 2.05) is 60.7 Å². The number of hydrogen-bond donors (Lipinski definition) is 0. The lowest BCUT2D eigenvalue weighted by atomic mass is 10.2. The molecule has 27 heavy (non-hydrogen) atoms. The van der Waals surface area contributed by atoms with E-state index in [0.29, 0.717) is 6.54 Å². The van der Waals surface area contributed by atoms with Crippen LogP contribution in [0.2, 0.25) is 0 Å². The molecule has 0 aliphatic heterocycles. The van der Waals surface area contributed by atoms with Crippen LogP contribution in [0.15, 0.2) is 84.9 Å². The quantitative estimate of drug-likeness (QED) is 0.466. The van der Waals surface area contributed by atoms with Crippen molar-refractivity contribution < 1.29 is 14.5 Å². The zero-order chi connectivity index (χ0) is 19.1. The maximum Gasteiger partial charge on any atom is 0.273 e. The predicted octanol–water partition coefficient (Wildman–Crippen LogP) is 4.21. The first kappa shape index (κ1) is 18.1. The van der Waals surface area contributed by atoms with Crippen LogP contribution >= 0.6 is 0 Å². The van der Waals surface area contributed by atoms with E-state index in [0.717, 1.165) is 11.3 Å². The summed E-state index contributed by atoms with van der Waals surface area (Å²) in [6, 6.07) is 24.8. The number of carbonyl (C=O) groups excluding carboxylic acids is 1. The van der Waals surface area contributed by atoms with Gasteiger partial charge >= 0.3 is 0 Å². The molecule has 0 atom stereocenters. The Morgan fingerprint density at radius 1 is 0.926 bits per heavy atom. The molecule has 1 amide bonds. The van der Waals surface area contributed by atoms with Gasteiger partial charge in [-0.2, -0.15) is 0 Å². The van der Waals surface area contributed by atoms with Gasteiger partial charge in [0.05, 0.1) is 17.5 Å². The number of non-ortho nitro benzene ring substituents is 1. The summed E-state index contributed by atoms with van der Waals surface area (Å²) in [6.07, 6.45) is 0. The van der Waals surface area contributed by atoms with Crippen LogP contribution in [-0.4, -0.2) is 17.4 Å². The Kier molecular flexibility index (Phi) is 5.79. The standard InChI is InChI=1S/C21H18N2O4/c24-21(16-27-20-13-7-12-19(14-20)23(25)26)22(18-10-5-2-6-11-18)15-17-8-3-1-4-9-17/h1-14H,15-16H2. The van der Waals surface area contributed by atoms with E-state index in [9.17, 15) is 14.9 Å². The Balaban J connectivity index is 1.75. The van der Waals surface area contributed by atoms with E-state index < -0.39 is 4.92 Å². The van der Waals surface area contributed by atoms with Crippen LogP contribution in [0.1, 0.15) is 5.56 Å². The fourth-order valence-electron chi connectivity index (χ4n) is 2.61. The summed E-state index contributed by atoms with van der Waals surface area (Å²) in [7, 11) is 0. The van der Waals surface area contributed by atoms with Gasteiger partial charge in [-0.3, -0.25) is 14.9 Å². The van der Waals surface area contributed by atoms with Gasteiger partial charge in [-0.25, -0.2) is 0 Å². The SMILES string of the molecule is O=C(COc1cccc([N+](=O)[O-])c1)N(Cc1ccccc1)c1ccccc1. The molecule has 0 aliphatic carbocycles. The third kappa shape index (κ3) is 4.92. The predicted molar refractivity (Wildman–Crippen MR) is 103 cm³/mol.